The Morgan fingerprint density at radius 3 is 2.00 bits per heavy atom. The summed E-state index contributed by atoms with van der Waals surface area (Å²) in [7, 11) is 2.76. The summed E-state index contributed by atoms with van der Waals surface area (Å²) in [6.07, 6.45) is -0.684. The summed E-state index contributed by atoms with van der Waals surface area (Å²) >= 11 is 0. The van der Waals surface area contributed by atoms with E-state index in [1.807, 2.05) is 19.6 Å². The van der Waals surface area contributed by atoms with Crippen molar-refractivity contribution in [2.24, 2.45) is 0 Å². The van der Waals surface area contributed by atoms with E-state index in [0.29, 0.717) is 22.8 Å². The number of rotatable bonds is 6. The summed E-state index contributed by atoms with van der Waals surface area (Å²) in [4.78, 5) is 0. The molecule has 0 heterocycles. The Kier molecular flexibility index (Phi) is 5.42. The topological polar surface area (TPSA) is 60.7 Å². The molecule has 110 valence electrons. The van der Waals surface area contributed by atoms with Crippen molar-refractivity contribution in [2.45, 2.75) is 25.7 Å². The number of nitrogens with zero attached hydrogens (tertiary/aromatic N) is 1. The van der Waals surface area contributed by atoms with Crippen molar-refractivity contribution in [3.8, 4) is 23.3 Å². The highest BCUT2D eigenvalue weighted by atomic mass is 28.4. The summed E-state index contributed by atoms with van der Waals surface area (Å²) in [5, 5.41) is 9.37. The van der Waals surface area contributed by atoms with Crippen LogP contribution in [0.15, 0.2) is 12.1 Å². The van der Waals surface area contributed by atoms with E-state index in [-0.39, 0.29) is 0 Å². The van der Waals surface area contributed by atoms with Gasteiger partial charge in [0, 0.05) is 5.56 Å². The van der Waals surface area contributed by atoms with E-state index in [1.165, 1.54) is 14.2 Å². The van der Waals surface area contributed by atoms with E-state index < -0.39 is 14.4 Å². The molecule has 6 heteroatoms. The molecule has 0 aliphatic rings. The predicted molar refractivity (Wildman–Crippen MR) is 78.9 cm³/mol. The molecule has 0 aromatic heterocycles. The number of benzene rings is 1. The van der Waals surface area contributed by atoms with Gasteiger partial charge in [-0.15, -0.1) is 0 Å². The minimum absolute atomic E-state index is 0.465. The van der Waals surface area contributed by atoms with Gasteiger partial charge >= 0.3 is 0 Å². The number of nitriles is 1. The first-order chi connectivity index (χ1) is 9.37. The molecule has 0 spiro atoms. The van der Waals surface area contributed by atoms with Crippen LogP contribution in [0.3, 0.4) is 0 Å². The van der Waals surface area contributed by atoms with E-state index in [4.69, 9.17) is 18.6 Å². The standard InChI is InChI=1S/C14H21NO4Si/c1-16-11-8-7-10(13(17-2)14(11)18-3)12(9-15)19-20(4,5)6/h7-8,12H,1-6H3. The van der Waals surface area contributed by atoms with Crippen LogP contribution < -0.4 is 14.2 Å². The molecular weight excluding hydrogens is 274 g/mol. The van der Waals surface area contributed by atoms with Crippen LogP contribution in [0.25, 0.3) is 0 Å². The first-order valence-corrected chi connectivity index (χ1v) is 9.65. The zero-order valence-electron chi connectivity index (χ0n) is 12.8. The van der Waals surface area contributed by atoms with Crippen molar-refractivity contribution in [3.05, 3.63) is 17.7 Å². The molecule has 0 N–H and O–H groups in total. The molecule has 0 amide bonds. The maximum atomic E-state index is 9.37. The third-order valence-corrected chi connectivity index (χ3v) is 3.55. The fraction of sp³-hybridized carbons (Fsp3) is 0.500. The lowest BCUT2D eigenvalue weighted by molar-refractivity contribution is 0.244. The van der Waals surface area contributed by atoms with E-state index >= 15 is 0 Å². The van der Waals surface area contributed by atoms with Crippen LogP contribution in [0.1, 0.15) is 11.7 Å². The molecule has 1 atom stereocenters. The molecule has 0 aliphatic heterocycles. The van der Waals surface area contributed by atoms with Crippen LogP contribution in [-0.4, -0.2) is 29.6 Å². The average molecular weight is 295 g/mol. The van der Waals surface area contributed by atoms with Crippen molar-refractivity contribution < 1.29 is 18.6 Å². The van der Waals surface area contributed by atoms with Crippen LogP contribution in [-0.2, 0) is 4.43 Å². The zero-order chi connectivity index (χ0) is 15.3. The SMILES string of the molecule is COc1ccc(C(C#N)O[Si](C)(C)C)c(OC)c1OC. The molecule has 0 aliphatic carbocycles. The van der Waals surface area contributed by atoms with E-state index in [9.17, 15) is 5.26 Å². The Bertz CT molecular complexity index is 505. The van der Waals surface area contributed by atoms with Crippen LogP contribution in [0.5, 0.6) is 17.2 Å². The van der Waals surface area contributed by atoms with Gasteiger partial charge in [0.25, 0.3) is 0 Å². The van der Waals surface area contributed by atoms with Crippen LogP contribution in [0.4, 0.5) is 0 Å². The second-order valence-electron chi connectivity index (χ2n) is 5.16. The maximum absolute atomic E-state index is 9.37. The summed E-state index contributed by atoms with van der Waals surface area (Å²) in [5.41, 5.74) is 0.648. The van der Waals surface area contributed by atoms with Gasteiger partial charge in [-0.05, 0) is 31.8 Å². The van der Waals surface area contributed by atoms with Crippen LogP contribution in [0.2, 0.25) is 19.6 Å². The number of methoxy groups -OCH3 is 3. The second-order valence-corrected chi connectivity index (χ2v) is 9.62. The molecule has 0 radical (unpaired) electrons. The van der Waals surface area contributed by atoms with Crippen LogP contribution in [0, 0.1) is 11.3 Å². The lowest BCUT2D eigenvalue weighted by atomic mass is 10.1. The highest BCUT2D eigenvalue weighted by Gasteiger charge is 2.27. The quantitative estimate of drug-likeness (QED) is 0.755. The van der Waals surface area contributed by atoms with Gasteiger partial charge in [0.2, 0.25) is 5.75 Å². The molecule has 0 bridgehead atoms. The molecule has 0 saturated heterocycles. The van der Waals surface area contributed by atoms with Crippen molar-refractivity contribution in [3.63, 3.8) is 0 Å². The number of hydrogen-bond acceptors (Lipinski definition) is 5. The molecule has 20 heavy (non-hydrogen) atoms. The average Bonchev–Trinajstić information content (AvgIpc) is 2.41. The van der Waals surface area contributed by atoms with Gasteiger partial charge in [-0.2, -0.15) is 5.26 Å². The zero-order valence-corrected chi connectivity index (χ0v) is 13.8. The van der Waals surface area contributed by atoms with Gasteiger partial charge in [0.05, 0.1) is 27.4 Å². The Hall–Kier alpha value is -1.71. The minimum Gasteiger partial charge on any atom is -0.493 e. The van der Waals surface area contributed by atoms with Crippen molar-refractivity contribution >= 4 is 8.32 Å². The third-order valence-electron chi connectivity index (χ3n) is 2.61. The predicted octanol–water partition coefficient (Wildman–Crippen LogP) is 3.13. The molecule has 1 aromatic carbocycles. The largest absolute Gasteiger partial charge is 0.493 e. The van der Waals surface area contributed by atoms with E-state index in [2.05, 4.69) is 6.07 Å². The summed E-state index contributed by atoms with van der Waals surface area (Å²) < 4.78 is 21.8. The molecule has 0 saturated carbocycles. The lowest BCUT2D eigenvalue weighted by Crippen LogP contribution is -2.27. The normalized spacial score (nSPS) is 12.4. The van der Waals surface area contributed by atoms with Gasteiger partial charge < -0.3 is 18.6 Å². The lowest BCUT2D eigenvalue weighted by Gasteiger charge is -2.24. The summed E-state index contributed by atoms with van der Waals surface area (Å²) in [5.74, 6) is 1.49. The fourth-order valence-electron chi connectivity index (χ4n) is 1.84. The van der Waals surface area contributed by atoms with Crippen molar-refractivity contribution in [1.82, 2.24) is 0 Å². The summed E-state index contributed by atoms with van der Waals surface area (Å²) in [6.45, 7) is 6.10. The van der Waals surface area contributed by atoms with Crippen LogP contribution >= 0.6 is 0 Å². The number of hydrogen-bond donors (Lipinski definition) is 0. The Morgan fingerprint density at radius 1 is 1.00 bits per heavy atom. The van der Waals surface area contributed by atoms with E-state index in [1.54, 1.807) is 19.2 Å². The Labute approximate surface area is 121 Å². The molecular formula is C14H21NO4Si. The first-order valence-electron chi connectivity index (χ1n) is 6.24. The van der Waals surface area contributed by atoms with Gasteiger partial charge in [0.1, 0.15) is 0 Å². The van der Waals surface area contributed by atoms with Crippen molar-refractivity contribution in [2.75, 3.05) is 21.3 Å². The highest BCUT2D eigenvalue weighted by molar-refractivity contribution is 6.69. The van der Waals surface area contributed by atoms with Gasteiger partial charge in [-0.1, -0.05) is 0 Å². The van der Waals surface area contributed by atoms with Gasteiger partial charge in [0.15, 0.2) is 25.9 Å². The van der Waals surface area contributed by atoms with Gasteiger partial charge in [-0.25, -0.2) is 0 Å². The second kappa shape index (κ2) is 6.64. The fourth-order valence-corrected chi connectivity index (χ4v) is 2.73. The summed E-state index contributed by atoms with van der Waals surface area (Å²) in [6, 6.07) is 5.69. The number of ether oxygens (including phenoxy) is 3. The van der Waals surface area contributed by atoms with Gasteiger partial charge in [-0.3, -0.25) is 0 Å². The minimum atomic E-state index is -1.86. The smallest absolute Gasteiger partial charge is 0.203 e. The Balaban J connectivity index is 3.33. The third kappa shape index (κ3) is 3.65. The van der Waals surface area contributed by atoms with E-state index in [0.717, 1.165) is 0 Å². The first kappa shape index (κ1) is 16.3. The maximum Gasteiger partial charge on any atom is 0.203 e. The molecule has 1 aromatic rings. The van der Waals surface area contributed by atoms with Crippen molar-refractivity contribution in [1.29, 1.82) is 5.26 Å². The molecule has 1 rings (SSSR count). The molecule has 1 unspecified atom stereocenters. The highest BCUT2D eigenvalue weighted by Crippen LogP contribution is 2.43. The Morgan fingerprint density at radius 2 is 1.60 bits per heavy atom. The molecule has 0 fully saturated rings. The monoisotopic (exact) mass is 295 g/mol. The molecule has 5 nitrogen and oxygen atoms in total.